The van der Waals surface area contributed by atoms with Gasteiger partial charge in [0.2, 0.25) is 0 Å². The molecule has 1 N–H and O–H groups in total. The van der Waals surface area contributed by atoms with Crippen molar-refractivity contribution < 1.29 is 33.4 Å². The fourth-order valence-corrected chi connectivity index (χ4v) is 4.12. The Labute approximate surface area is 239 Å². The maximum Gasteiger partial charge on any atom is 0.422 e. The van der Waals surface area contributed by atoms with Crippen LogP contribution in [0.25, 0.3) is 0 Å². The molecule has 0 bridgehead atoms. The number of carbonyl (C=O) groups is 1. The van der Waals surface area contributed by atoms with Crippen molar-refractivity contribution in [3.8, 4) is 28.7 Å². The lowest BCUT2D eigenvalue weighted by atomic mass is 10.1. The highest BCUT2D eigenvalue weighted by Gasteiger charge is 2.24. The van der Waals surface area contributed by atoms with Crippen LogP contribution in [0, 0.1) is 10.1 Å². The Bertz CT molecular complexity index is 1320. The number of piperidine rings is 1. The van der Waals surface area contributed by atoms with Gasteiger partial charge in [-0.2, -0.15) is 0 Å². The standard InChI is InChI=1S/C30H35N3O8/c1-30(2,3)41-29(34)31-32-17-15-26(16-18-32)39-24-12-10-23(11-13-24)38-20-21-5-8-25(9-6-21)40-27-14-7-22(33(35)36)19-28(27)37-4/h5-14,19,26H,15-18,20H2,1-4H3,(H,31,34). The quantitative estimate of drug-likeness (QED) is 0.224. The van der Waals surface area contributed by atoms with Crippen molar-refractivity contribution in [2.24, 2.45) is 0 Å². The smallest absolute Gasteiger partial charge is 0.422 e. The fraction of sp³-hybridized carbons (Fsp3) is 0.367. The molecule has 3 aromatic rings. The molecular formula is C30H35N3O8. The van der Waals surface area contributed by atoms with Gasteiger partial charge in [-0.1, -0.05) is 12.1 Å². The highest BCUT2D eigenvalue weighted by Crippen LogP contribution is 2.34. The minimum atomic E-state index is -0.533. The predicted molar refractivity (Wildman–Crippen MR) is 152 cm³/mol. The number of rotatable bonds is 10. The van der Waals surface area contributed by atoms with Gasteiger partial charge in [-0.05, 0) is 81.6 Å². The van der Waals surface area contributed by atoms with E-state index in [2.05, 4.69) is 5.43 Å². The zero-order valence-corrected chi connectivity index (χ0v) is 23.6. The number of non-ortho nitro benzene ring substituents is 1. The molecule has 11 nitrogen and oxygen atoms in total. The number of nitrogens with one attached hydrogen (secondary N) is 1. The molecule has 1 fully saturated rings. The summed E-state index contributed by atoms with van der Waals surface area (Å²) in [6, 6.07) is 19.1. The number of ether oxygens (including phenoxy) is 5. The van der Waals surface area contributed by atoms with Crippen LogP contribution in [0.3, 0.4) is 0 Å². The fourth-order valence-electron chi connectivity index (χ4n) is 4.12. The van der Waals surface area contributed by atoms with Crippen molar-refractivity contribution in [1.82, 2.24) is 10.4 Å². The molecule has 1 heterocycles. The van der Waals surface area contributed by atoms with Gasteiger partial charge in [-0.15, -0.1) is 0 Å². The summed E-state index contributed by atoms with van der Waals surface area (Å²) in [5, 5.41) is 12.8. The molecule has 0 saturated carbocycles. The molecule has 0 aromatic heterocycles. The van der Waals surface area contributed by atoms with E-state index in [1.165, 1.54) is 25.3 Å². The van der Waals surface area contributed by atoms with Crippen molar-refractivity contribution in [2.75, 3.05) is 20.2 Å². The summed E-state index contributed by atoms with van der Waals surface area (Å²) < 4.78 is 28.4. The summed E-state index contributed by atoms with van der Waals surface area (Å²) >= 11 is 0. The number of hydrazine groups is 1. The molecule has 0 aliphatic carbocycles. The lowest BCUT2D eigenvalue weighted by molar-refractivity contribution is -0.384. The molecule has 0 unspecified atom stereocenters. The van der Waals surface area contributed by atoms with Crippen LogP contribution in [0.2, 0.25) is 0 Å². The number of amides is 1. The average Bonchev–Trinajstić information content (AvgIpc) is 2.93. The molecular weight excluding hydrogens is 530 g/mol. The molecule has 11 heteroatoms. The summed E-state index contributed by atoms with van der Waals surface area (Å²) in [5.74, 6) is 2.70. The van der Waals surface area contributed by atoms with Crippen LogP contribution in [-0.4, -0.2) is 47.9 Å². The normalized spacial score (nSPS) is 14.1. The van der Waals surface area contributed by atoms with Gasteiger partial charge >= 0.3 is 6.09 Å². The molecule has 1 saturated heterocycles. The average molecular weight is 566 g/mol. The number of carbonyl (C=O) groups excluding carboxylic acids is 1. The summed E-state index contributed by atoms with van der Waals surface area (Å²) in [7, 11) is 1.43. The first-order valence-corrected chi connectivity index (χ1v) is 13.3. The number of benzene rings is 3. The maximum atomic E-state index is 12.0. The predicted octanol–water partition coefficient (Wildman–Crippen LogP) is 6.26. The van der Waals surface area contributed by atoms with Crippen LogP contribution < -0.4 is 24.4 Å². The Hall–Kier alpha value is -4.51. The lowest BCUT2D eigenvalue weighted by Crippen LogP contribution is -2.49. The first kappa shape index (κ1) is 29.5. The van der Waals surface area contributed by atoms with Crippen LogP contribution in [0.15, 0.2) is 66.7 Å². The number of hydrogen-bond acceptors (Lipinski definition) is 9. The van der Waals surface area contributed by atoms with Gasteiger partial charge in [-0.25, -0.2) is 9.80 Å². The van der Waals surface area contributed by atoms with Gasteiger partial charge in [-0.3, -0.25) is 15.5 Å². The van der Waals surface area contributed by atoms with E-state index in [0.29, 0.717) is 36.9 Å². The third-order valence-corrected chi connectivity index (χ3v) is 6.13. The summed E-state index contributed by atoms with van der Waals surface area (Å²) in [4.78, 5) is 22.5. The number of nitro benzene ring substituents is 1. The van der Waals surface area contributed by atoms with Gasteiger partial charge in [0.05, 0.1) is 18.1 Å². The Morgan fingerprint density at radius 2 is 1.59 bits per heavy atom. The zero-order valence-electron chi connectivity index (χ0n) is 23.6. The maximum absolute atomic E-state index is 12.0. The molecule has 0 atom stereocenters. The van der Waals surface area contributed by atoms with Crippen LogP contribution in [-0.2, 0) is 11.3 Å². The first-order chi connectivity index (χ1) is 19.6. The highest BCUT2D eigenvalue weighted by molar-refractivity contribution is 5.67. The third kappa shape index (κ3) is 9.00. The van der Waals surface area contributed by atoms with E-state index in [1.807, 2.05) is 62.2 Å². The summed E-state index contributed by atoms with van der Waals surface area (Å²) in [5.41, 5.74) is 3.12. The second-order valence-corrected chi connectivity index (χ2v) is 10.5. The third-order valence-electron chi connectivity index (χ3n) is 6.13. The van der Waals surface area contributed by atoms with E-state index >= 15 is 0 Å². The monoisotopic (exact) mass is 565 g/mol. The van der Waals surface area contributed by atoms with E-state index in [1.54, 1.807) is 12.1 Å². The topological polar surface area (TPSA) is 122 Å². The first-order valence-electron chi connectivity index (χ1n) is 13.3. The van der Waals surface area contributed by atoms with Gasteiger partial charge in [0.25, 0.3) is 5.69 Å². The Balaban J connectivity index is 1.21. The summed E-state index contributed by atoms with van der Waals surface area (Å²) in [6.45, 7) is 7.22. The van der Waals surface area contributed by atoms with Gasteiger partial charge in [0.1, 0.15) is 35.6 Å². The molecule has 0 radical (unpaired) electrons. The van der Waals surface area contributed by atoms with E-state index in [9.17, 15) is 14.9 Å². The van der Waals surface area contributed by atoms with Gasteiger partial charge < -0.3 is 23.7 Å². The van der Waals surface area contributed by atoms with Crippen LogP contribution in [0.4, 0.5) is 10.5 Å². The number of methoxy groups -OCH3 is 1. The second kappa shape index (κ2) is 13.2. The molecule has 1 amide bonds. The van der Waals surface area contributed by atoms with Crippen LogP contribution in [0.5, 0.6) is 28.7 Å². The molecule has 1 aliphatic heterocycles. The second-order valence-electron chi connectivity index (χ2n) is 10.5. The van der Waals surface area contributed by atoms with Crippen molar-refractivity contribution in [3.05, 3.63) is 82.4 Å². The minimum Gasteiger partial charge on any atom is -0.493 e. The zero-order chi connectivity index (χ0) is 29.4. The Kier molecular flexibility index (Phi) is 9.51. The number of hydrogen-bond donors (Lipinski definition) is 1. The largest absolute Gasteiger partial charge is 0.493 e. The molecule has 0 spiro atoms. The Morgan fingerprint density at radius 1 is 0.951 bits per heavy atom. The van der Waals surface area contributed by atoms with Crippen molar-refractivity contribution in [3.63, 3.8) is 0 Å². The number of nitro groups is 1. The molecule has 3 aromatic carbocycles. The van der Waals surface area contributed by atoms with Crippen molar-refractivity contribution in [2.45, 2.75) is 51.9 Å². The summed E-state index contributed by atoms with van der Waals surface area (Å²) in [6.07, 6.45) is 1.18. The molecule has 4 rings (SSSR count). The lowest BCUT2D eigenvalue weighted by Gasteiger charge is -2.32. The highest BCUT2D eigenvalue weighted by atomic mass is 16.6. The van der Waals surface area contributed by atoms with E-state index in [0.717, 1.165) is 24.2 Å². The van der Waals surface area contributed by atoms with Crippen molar-refractivity contribution >= 4 is 11.8 Å². The Morgan fingerprint density at radius 3 is 2.20 bits per heavy atom. The molecule has 41 heavy (non-hydrogen) atoms. The van der Waals surface area contributed by atoms with E-state index in [4.69, 9.17) is 23.7 Å². The van der Waals surface area contributed by atoms with Gasteiger partial charge in [0, 0.05) is 19.2 Å². The van der Waals surface area contributed by atoms with E-state index in [-0.39, 0.29) is 17.5 Å². The molecule has 1 aliphatic rings. The minimum absolute atomic E-state index is 0.0603. The van der Waals surface area contributed by atoms with Crippen LogP contribution >= 0.6 is 0 Å². The molecule has 218 valence electrons. The van der Waals surface area contributed by atoms with Crippen LogP contribution in [0.1, 0.15) is 39.2 Å². The van der Waals surface area contributed by atoms with Crippen molar-refractivity contribution in [1.29, 1.82) is 0 Å². The number of nitrogens with zero attached hydrogens (tertiary/aromatic N) is 2. The SMILES string of the molecule is COc1cc([N+](=O)[O-])ccc1Oc1ccc(COc2ccc(OC3CCN(NC(=O)OC(C)(C)C)CC3)cc2)cc1. The van der Waals surface area contributed by atoms with E-state index < -0.39 is 16.6 Å². The van der Waals surface area contributed by atoms with Gasteiger partial charge in [0.15, 0.2) is 11.5 Å².